The zero-order chi connectivity index (χ0) is 15.4. The van der Waals surface area contributed by atoms with Gasteiger partial charge in [-0.1, -0.05) is 53.5 Å². The van der Waals surface area contributed by atoms with E-state index in [9.17, 15) is 14.7 Å². The molecule has 108 valence electrons. The molecule has 1 amide bonds. The number of aliphatic carboxylic acids is 1. The molecule has 0 heterocycles. The molecule has 0 spiro atoms. The topological polar surface area (TPSA) is 66.4 Å². The molecule has 0 saturated carbocycles. The molecule has 0 aliphatic carbocycles. The third-order valence-electron chi connectivity index (χ3n) is 2.84. The monoisotopic (exact) mass is 323 g/mol. The van der Waals surface area contributed by atoms with Crippen LogP contribution in [0.15, 0.2) is 48.5 Å². The van der Waals surface area contributed by atoms with Gasteiger partial charge in [-0.2, -0.15) is 0 Å². The average Bonchev–Trinajstić information content (AvgIpc) is 2.48. The summed E-state index contributed by atoms with van der Waals surface area (Å²) >= 11 is 11.6. The van der Waals surface area contributed by atoms with Crippen molar-refractivity contribution in [3.8, 4) is 0 Å². The van der Waals surface area contributed by atoms with Crippen LogP contribution in [0.2, 0.25) is 10.0 Å². The van der Waals surface area contributed by atoms with Crippen LogP contribution >= 0.6 is 23.2 Å². The number of amides is 1. The Morgan fingerprint density at radius 1 is 1.00 bits per heavy atom. The summed E-state index contributed by atoms with van der Waals surface area (Å²) in [7, 11) is 0. The summed E-state index contributed by atoms with van der Waals surface area (Å²) in [5, 5.41) is 12.3. The fourth-order valence-corrected chi connectivity index (χ4v) is 2.08. The fourth-order valence-electron chi connectivity index (χ4n) is 1.78. The number of carboxylic acid groups (broad SMARTS) is 1. The fraction of sp³-hybridized carbons (Fsp3) is 0.0667. The van der Waals surface area contributed by atoms with Crippen molar-refractivity contribution in [3.63, 3.8) is 0 Å². The highest BCUT2D eigenvalue weighted by Crippen LogP contribution is 2.23. The van der Waals surface area contributed by atoms with Crippen molar-refractivity contribution in [1.82, 2.24) is 5.32 Å². The molecule has 0 aliphatic rings. The second-order valence-corrected chi connectivity index (χ2v) is 5.10. The highest BCUT2D eigenvalue weighted by atomic mass is 35.5. The highest BCUT2D eigenvalue weighted by molar-refractivity contribution is 6.42. The van der Waals surface area contributed by atoms with Crippen LogP contribution in [0.5, 0.6) is 0 Å². The number of hydrogen-bond donors (Lipinski definition) is 2. The van der Waals surface area contributed by atoms with Gasteiger partial charge in [0.25, 0.3) is 5.91 Å². The summed E-state index contributed by atoms with van der Waals surface area (Å²) < 4.78 is 0. The third kappa shape index (κ3) is 3.74. The minimum absolute atomic E-state index is 0.232. The van der Waals surface area contributed by atoms with E-state index in [1.807, 2.05) is 0 Å². The second-order valence-electron chi connectivity index (χ2n) is 4.28. The molecule has 1 atom stereocenters. The van der Waals surface area contributed by atoms with Crippen LogP contribution in [-0.4, -0.2) is 17.0 Å². The first kappa shape index (κ1) is 15.4. The summed E-state index contributed by atoms with van der Waals surface area (Å²) in [6, 6.07) is 11.7. The van der Waals surface area contributed by atoms with Crippen LogP contribution in [-0.2, 0) is 4.79 Å². The Hall–Kier alpha value is -2.04. The first-order valence-corrected chi connectivity index (χ1v) is 6.78. The molecule has 2 aromatic rings. The van der Waals surface area contributed by atoms with Gasteiger partial charge >= 0.3 is 5.97 Å². The van der Waals surface area contributed by atoms with Crippen LogP contribution in [0.25, 0.3) is 0 Å². The second kappa shape index (κ2) is 6.61. The summed E-state index contributed by atoms with van der Waals surface area (Å²) in [5.41, 5.74) is 0.727. The van der Waals surface area contributed by atoms with Crippen LogP contribution in [0.4, 0.5) is 0 Å². The van der Waals surface area contributed by atoms with Crippen molar-refractivity contribution >= 4 is 35.1 Å². The van der Waals surface area contributed by atoms with Crippen LogP contribution in [0.3, 0.4) is 0 Å². The van der Waals surface area contributed by atoms with E-state index >= 15 is 0 Å². The van der Waals surface area contributed by atoms with Gasteiger partial charge in [0.15, 0.2) is 6.04 Å². The Balaban J connectivity index is 2.23. The van der Waals surface area contributed by atoms with Gasteiger partial charge < -0.3 is 10.4 Å². The summed E-state index contributed by atoms with van der Waals surface area (Å²) in [4.78, 5) is 23.4. The molecule has 2 N–H and O–H groups in total. The molecule has 0 bridgehead atoms. The molecule has 2 aromatic carbocycles. The van der Waals surface area contributed by atoms with Gasteiger partial charge in [0, 0.05) is 5.56 Å². The number of carbonyl (C=O) groups is 2. The Morgan fingerprint density at radius 2 is 1.67 bits per heavy atom. The first-order valence-electron chi connectivity index (χ1n) is 6.02. The molecule has 0 aliphatic heterocycles. The number of halogens is 2. The molecule has 0 unspecified atom stereocenters. The third-order valence-corrected chi connectivity index (χ3v) is 3.58. The van der Waals surface area contributed by atoms with Gasteiger partial charge in [0.1, 0.15) is 0 Å². The Morgan fingerprint density at radius 3 is 2.24 bits per heavy atom. The summed E-state index contributed by atoms with van der Waals surface area (Å²) in [6.45, 7) is 0. The lowest BCUT2D eigenvalue weighted by molar-refractivity contribution is -0.139. The lowest BCUT2D eigenvalue weighted by Crippen LogP contribution is -2.33. The number of carbonyl (C=O) groups excluding carboxylic acids is 1. The molecular formula is C15H11Cl2NO3. The predicted octanol–water partition coefficient (Wildman–Crippen LogP) is 3.55. The molecule has 2 rings (SSSR count). The SMILES string of the molecule is O=C(N[C@@H](C(=O)O)c1ccccc1)c1ccc(Cl)c(Cl)c1. The average molecular weight is 324 g/mol. The Bertz CT molecular complexity index is 674. The van der Waals surface area contributed by atoms with Crippen LogP contribution in [0.1, 0.15) is 22.0 Å². The molecule has 6 heteroatoms. The molecule has 4 nitrogen and oxygen atoms in total. The van der Waals surface area contributed by atoms with Gasteiger partial charge in [-0.3, -0.25) is 4.79 Å². The Labute approximate surface area is 131 Å². The van der Waals surface area contributed by atoms with E-state index in [0.29, 0.717) is 10.6 Å². The summed E-state index contributed by atoms with van der Waals surface area (Å²) in [6.07, 6.45) is 0. The van der Waals surface area contributed by atoms with Gasteiger partial charge in [0.05, 0.1) is 10.0 Å². The molecular weight excluding hydrogens is 313 g/mol. The van der Waals surface area contributed by atoms with Crippen molar-refractivity contribution in [1.29, 1.82) is 0 Å². The van der Waals surface area contributed by atoms with Gasteiger partial charge in [-0.25, -0.2) is 4.79 Å². The number of hydrogen-bond acceptors (Lipinski definition) is 2. The zero-order valence-electron chi connectivity index (χ0n) is 10.7. The number of rotatable bonds is 4. The van der Waals surface area contributed by atoms with E-state index in [0.717, 1.165) is 0 Å². The lowest BCUT2D eigenvalue weighted by atomic mass is 10.1. The molecule has 0 fully saturated rings. The van der Waals surface area contributed by atoms with E-state index in [1.54, 1.807) is 30.3 Å². The maximum atomic E-state index is 12.1. The van der Waals surface area contributed by atoms with E-state index in [2.05, 4.69) is 5.32 Å². The Kier molecular flexibility index (Phi) is 4.83. The largest absolute Gasteiger partial charge is 0.479 e. The predicted molar refractivity (Wildman–Crippen MR) is 80.7 cm³/mol. The smallest absolute Gasteiger partial charge is 0.330 e. The maximum absolute atomic E-state index is 12.1. The first-order chi connectivity index (χ1) is 9.99. The highest BCUT2D eigenvalue weighted by Gasteiger charge is 2.22. The lowest BCUT2D eigenvalue weighted by Gasteiger charge is -2.15. The normalized spacial score (nSPS) is 11.7. The number of carboxylic acids is 1. The summed E-state index contributed by atoms with van der Waals surface area (Å²) in [5.74, 6) is -1.68. The van der Waals surface area contributed by atoms with E-state index in [-0.39, 0.29) is 10.6 Å². The van der Waals surface area contributed by atoms with Gasteiger partial charge in [-0.15, -0.1) is 0 Å². The number of benzene rings is 2. The van der Waals surface area contributed by atoms with E-state index in [4.69, 9.17) is 23.2 Å². The molecule has 0 radical (unpaired) electrons. The zero-order valence-corrected chi connectivity index (χ0v) is 12.2. The van der Waals surface area contributed by atoms with E-state index in [1.165, 1.54) is 18.2 Å². The standard InChI is InChI=1S/C15H11Cl2NO3/c16-11-7-6-10(8-12(11)17)14(19)18-13(15(20)21)9-4-2-1-3-5-9/h1-8,13H,(H,18,19)(H,20,21)/t13-/m1/s1. The van der Waals surface area contributed by atoms with Crippen molar-refractivity contribution in [2.24, 2.45) is 0 Å². The van der Waals surface area contributed by atoms with Crippen molar-refractivity contribution in [3.05, 3.63) is 69.7 Å². The molecule has 0 aromatic heterocycles. The van der Waals surface area contributed by atoms with E-state index < -0.39 is 17.9 Å². The quantitative estimate of drug-likeness (QED) is 0.904. The van der Waals surface area contributed by atoms with Crippen LogP contribution in [0, 0.1) is 0 Å². The van der Waals surface area contributed by atoms with Crippen LogP contribution < -0.4 is 5.32 Å². The van der Waals surface area contributed by atoms with Crippen molar-refractivity contribution < 1.29 is 14.7 Å². The maximum Gasteiger partial charge on any atom is 0.330 e. The minimum atomic E-state index is -1.14. The van der Waals surface area contributed by atoms with Crippen molar-refractivity contribution in [2.75, 3.05) is 0 Å². The van der Waals surface area contributed by atoms with Gasteiger partial charge in [0.2, 0.25) is 0 Å². The van der Waals surface area contributed by atoms with Crippen molar-refractivity contribution in [2.45, 2.75) is 6.04 Å². The molecule has 21 heavy (non-hydrogen) atoms. The minimum Gasteiger partial charge on any atom is -0.479 e. The number of nitrogens with one attached hydrogen (secondary N) is 1. The van der Waals surface area contributed by atoms with Gasteiger partial charge in [-0.05, 0) is 23.8 Å². The molecule has 0 saturated heterocycles.